The largest absolute Gasteiger partial charge is 0.573 e. The summed E-state index contributed by atoms with van der Waals surface area (Å²) in [5, 5.41) is 0. The Kier molecular flexibility index (Phi) is 2.45. The van der Waals surface area contributed by atoms with Crippen LogP contribution in [0.2, 0.25) is 0 Å². The Morgan fingerprint density at radius 2 is 1.86 bits per heavy atom. The van der Waals surface area contributed by atoms with Crippen LogP contribution < -0.4 is 10.5 Å². The summed E-state index contributed by atoms with van der Waals surface area (Å²) in [6.45, 7) is 0. The second kappa shape index (κ2) is 3.28. The zero-order valence-electron chi connectivity index (χ0n) is 6.40. The fourth-order valence-electron chi connectivity index (χ4n) is 0.697. The van der Waals surface area contributed by atoms with E-state index in [4.69, 9.17) is 5.73 Å². The van der Waals surface area contributed by atoms with Gasteiger partial charge in [0, 0.05) is 6.07 Å². The normalized spacial score (nSPS) is 11.5. The van der Waals surface area contributed by atoms with Gasteiger partial charge in [0.1, 0.15) is 5.82 Å². The first kappa shape index (κ1) is 10.5. The molecule has 1 rings (SSSR count). The molecule has 1 aromatic heterocycles. The first-order valence-corrected chi connectivity index (χ1v) is 3.17. The smallest absolute Gasteiger partial charge is 0.398 e. The topological polar surface area (TPSA) is 48.1 Å². The van der Waals surface area contributed by atoms with Crippen LogP contribution in [0.25, 0.3) is 0 Å². The zero-order chi connectivity index (χ0) is 10.9. The number of nitrogen functional groups attached to an aromatic ring is 1. The maximum atomic E-state index is 12.7. The Bertz CT molecular complexity index is 328. The van der Waals surface area contributed by atoms with Crippen molar-refractivity contribution in [1.29, 1.82) is 0 Å². The lowest BCUT2D eigenvalue weighted by atomic mass is 10.4. The van der Waals surface area contributed by atoms with Crippen molar-refractivity contribution in [3.05, 3.63) is 17.8 Å². The maximum absolute atomic E-state index is 12.7. The number of aromatic nitrogens is 1. The second-order valence-corrected chi connectivity index (χ2v) is 2.20. The number of alkyl halides is 3. The fraction of sp³-hybridized carbons (Fsp3) is 0.167. The average molecular weight is 214 g/mol. The van der Waals surface area contributed by atoms with E-state index in [0.717, 1.165) is 0 Å². The van der Waals surface area contributed by atoms with Crippen molar-refractivity contribution in [1.82, 2.24) is 4.98 Å². The number of ether oxygens (including phenoxy) is 1. The summed E-state index contributed by atoms with van der Waals surface area (Å²) in [4.78, 5) is 2.76. The van der Waals surface area contributed by atoms with Gasteiger partial charge in [-0.3, -0.25) is 0 Å². The van der Waals surface area contributed by atoms with Crippen molar-refractivity contribution < 1.29 is 26.7 Å². The number of hydrogen-bond donors (Lipinski definition) is 1. The van der Waals surface area contributed by atoms with Crippen LogP contribution in [0, 0.1) is 11.8 Å². The number of pyridine rings is 1. The second-order valence-electron chi connectivity index (χ2n) is 2.20. The molecule has 0 saturated carbocycles. The SMILES string of the molecule is Nc1cc(F)c(OC(F)(F)F)c(F)n1. The van der Waals surface area contributed by atoms with E-state index in [9.17, 15) is 22.0 Å². The number of halogens is 5. The minimum Gasteiger partial charge on any atom is -0.398 e. The van der Waals surface area contributed by atoms with E-state index in [1.165, 1.54) is 0 Å². The van der Waals surface area contributed by atoms with Gasteiger partial charge in [-0.2, -0.15) is 9.37 Å². The van der Waals surface area contributed by atoms with Crippen molar-refractivity contribution in [3.8, 4) is 5.75 Å². The van der Waals surface area contributed by atoms with Gasteiger partial charge in [-0.15, -0.1) is 13.2 Å². The van der Waals surface area contributed by atoms with E-state index in [1.54, 1.807) is 0 Å². The summed E-state index contributed by atoms with van der Waals surface area (Å²) in [7, 11) is 0. The van der Waals surface area contributed by atoms with Crippen LogP contribution in [0.15, 0.2) is 6.07 Å². The summed E-state index contributed by atoms with van der Waals surface area (Å²) in [5.41, 5.74) is 4.86. The standard InChI is InChI=1S/C6H3F5N2O/c7-2-1-3(12)13-5(8)4(2)14-6(9,10)11/h1H,(H2,12,13). The molecule has 0 aliphatic heterocycles. The molecule has 78 valence electrons. The van der Waals surface area contributed by atoms with Crippen LogP contribution in [0.5, 0.6) is 5.75 Å². The van der Waals surface area contributed by atoms with E-state index in [0.29, 0.717) is 6.07 Å². The molecule has 0 fully saturated rings. The Hall–Kier alpha value is -1.60. The van der Waals surface area contributed by atoms with Crippen molar-refractivity contribution in [2.45, 2.75) is 6.36 Å². The zero-order valence-corrected chi connectivity index (χ0v) is 6.40. The molecular formula is C6H3F5N2O. The highest BCUT2D eigenvalue weighted by molar-refractivity contribution is 5.35. The van der Waals surface area contributed by atoms with Crippen LogP contribution in [0.4, 0.5) is 27.8 Å². The third-order valence-electron chi connectivity index (χ3n) is 1.12. The number of hydrogen-bond acceptors (Lipinski definition) is 3. The number of nitrogens with zero attached hydrogens (tertiary/aromatic N) is 1. The molecule has 0 saturated heterocycles. The van der Waals surface area contributed by atoms with Gasteiger partial charge in [0.15, 0.2) is 5.82 Å². The summed E-state index contributed by atoms with van der Waals surface area (Å²) >= 11 is 0. The van der Waals surface area contributed by atoms with Crippen molar-refractivity contribution in [2.75, 3.05) is 5.73 Å². The average Bonchev–Trinajstić information content (AvgIpc) is 1.95. The fourth-order valence-corrected chi connectivity index (χ4v) is 0.697. The summed E-state index contributed by atoms with van der Waals surface area (Å²) < 4.78 is 63.1. The Morgan fingerprint density at radius 3 is 2.29 bits per heavy atom. The number of anilines is 1. The third kappa shape index (κ3) is 2.44. The highest BCUT2D eigenvalue weighted by Crippen LogP contribution is 2.28. The molecule has 0 atom stereocenters. The van der Waals surface area contributed by atoms with Crippen LogP contribution in [-0.4, -0.2) is 11.3 Å². The Morgan fingerprint density at radius 1 is 1.29 bits per heavy atom. The quantitative estimate of drug-likeness (QED) is 0.573. The lowest BCUT2D eigenvalue weighted by Gasteiger charge is -2.09. The van der Waals surface area contributed by atoms with Gasteiger partial charge in [0.25, 0.3) is 5.95 Å². The molecular weight excluding hydrogens is 211 g/mol. The molecule has 1 heterocycles. The first-order chi connectivity index (χ1) is 6.29. The van der Waals surface area contributed by atoms with Crippen LogP contribution >= 0.6 is 0 Å². The Balaban J connectivity index is 3.09. The van der Waals surface area contributed by atoms with Crippen LogP contribution in [0.1, 0.15) is 0 Å². The third-order valence-corrected chi connectivity index (χ3v) is 1.12. The van der Waals surface area contributed by atoms with E-state index in [2.05, 4.69) is 9.72 Å². The van der Waals surface area contributed by atoms with Crippen molar-refractivity contribution >= 4 is 5.82 Å². The van der Waals surface area contributed by atoms with Crippen molar-refractivity contribution in [2.24, 2.45) is 0 Å². The van der Waals surface area contributed by atoms with E-state index < -0.39 is 29.7 Å². The van der Waals surface area contributed by atoms with Crippen LogP contribution in [0.3, 0.4) is 0 Å². The van der Waals surface area contributed by atoms with Gasteiger partial charge >= 0.3 is 6.36 Å². The summed E-state index contributed by atoms with van der Waals surface area (Å²) in [5.74, 6) is -5.51. The maximum Gasteiger partial charge on any atom is 0.573 e. The number of rotatable bonds is 1. The molecule has 3 nitrogen and oxygen atoms in total. The van der Waals surface area contributed by atoms with Gasteiger partial charge in [-0.05, 0) is 0 Å². The molecule has 0 aliphatic carbocycles. The summed E-state index contributed by atoms with van der Waals surface area (Å²) in [6.07, 6.45) is -5.18. The Labute approximate surface area is 74.3 Å². The van der Waals surface area contributed by atoms with Gasteiger partial charge < -0.3 is 10.5 Å². The highest BCUT2D eigenvalue weighted by Gasteiger charge is 2.34. The molecule has 0 aliphatic rings. The molecule has 8 heteroatoms. The predicted molar refractivity (Wildman–Crippen MR) is 35.2 cm³/mol. The number of nitrogens with two attached hydrogens (primary N) is 1. The highest BCUT2D eigenvalue weighted by atomic mass is 19.4. The molecule has 14 heavy (non-hydrogen) atoms. The van der Waals surface area contributed by atoms with Gasteiger partial charge in [-0.1, -0.05) is 0 Å². The first-order valence-electron chi connectivity index (χ1n) is 3.17. The minimum absolute atomic E-state index is 0.421. The molecule has 0 spiro atoms. The molecule has 0 radical (unpaired) electrons. The molecule has 0 aromatic carbocycles. The molecule has 0 bridgehead atoms. The lowest BCUT2D eigenvalue weighted by molar-refractivity contribution is -0.276. The lowest BCUT2D eigenvalue weighted by Crippen LogP contribution is -2.19. The molecule has 2 N–H and O–H groups in total. The van der Waals surface area contributed by atoms with E-state index in [-0.39, 0.29) is 0 Å². The van der Waals surface area contributed by atoms with Gasteiger partial charge in [-0.25, -0.2) is 4.39 Å². The molecule has 1 aromatic rings. The van der Waals surface area contributed by atoms with E-state index >= 15 is 0 Å². The molecule has 0 amide bonds. The van der Waals surface area contributed by atoms with Gasteiger partial charge in [0.05, 0.1) is 0 Å². The predicted octanol–water partition coefficient (Wildman–Crippen LogP) is 1.84. The monoisotopic (exact) mass is 214 g/mol. The summed E-state index contributed by atoms with van der Waals surface area (Å²) in [6, 6.07) is 0.421. The molecule has 0 unspecified atom stereocenters. The van der Waals surface area contributed by atoms with Crippen LogP contribution in [-0.2, 0) is 0 Å². The minimum atomic E-state index is -5.18. The van der Waals surface area contributed by atoms with E-state index in [1.807, 2.05) is 0 Å². The van der Waals surface area contributed by atoms with Crippen molar-refractivity contribution in [3.63, 3.8) is 0 Å². The van der Waals surface area contributed by atoms with Gasteiger partial charge in [0.2, 0.25) is 5.75 Å².